The molecule has 0 spiro atoms. The van der Waals surface area contributed by atoms with Gasteiger partial charge in [0.2, 0.25) is 0 Å². The zero-order valence-electron chi connectivity index (χ0n) is 7.84. The monoisotopic (exact) mass is 216 g/mol. The van der Waals surface area contributed by atoms with E-state index in [1.54, 1.807) is 30.0 Å². The van der Waals surface area contributed by atoms with Crippen molar-refractivity contribution in [1.82, 2.24) is 4.57 Å². The van der Waals surface area contributed by atoms with Crippen molar-refractivity contribution >= 4 is 18.1 Å². The number of pyridine rings is 1. The van der Waals surface area contributed by atoms with Crippen LogP contribution in [0.3, 0.4) is 0 Å². The minimum atomic E-state index is -0.118. The molecule has 0 bridgehead atoms. The minimum Gasteiger partial charge on any atom is -0.394 e. The second-order valence-electron chi connectivity index (χ2n) is 3.25. The molecular formula is C9H13ClN2O2. The van der Waals surface area contributed by atoms with Gasteiger partial charge in [-0.05, 0) is 18.6 Å². The van der Waals surface area contributed by atoms with Crippen LogP contribution in [0.4, 0.5) is 5.69 Å². The molecule has 0 saturated heterocycles. The summed E-state index contributed by atoms with van der Waals surface area (Å²) in [7, 11) is 1.65. The summed E-state index contributed by atoms with van der Waals surface area (Å²) in [5, 5.41) is 0. The van der Waals surface area contributed by atoms with Crippen molar-refractivity contribution in [1.29, 1.82) is 0 Å². The van der Waals surface area contributed by atoms with E-state index in [-0.39, 0.29) is 30.1 Å². The molecular weight excluding hydrogens is 204 g/mol. The first-order valence-corrected chi connectivity index (χ1v) is 4.23. The number of aromatic nitrogens is 1. The fraction of sp³-hybridized carbons (Fsp3) is 0.444. The van der Waals surface area contributed by atoms with E-state index in [0.717, 1.165) is 6.42 Å². The summed E-state index contributed by atoms with van der Waals surface area (Å²) < 4.78 is 6.76. The summed E-state index contributed by atoms with van der Waals surface area (Å²) in [5.74, 6) is 0. The summed E-state index contributed by atoms with van der Waals surface area (Å²) in [6.07, 6.45) is 2.84. The van der Waals surface area contributed by atoms with Gasteiger partial charge in [-0.3, -0.25) is 4.79 Å². The van der Waals surface area contributed by atoms with Crippen LogP contribution < -0.4 is 11.3 Å². The molecule has 2 rings (SSSR count). The Labute approximate surface area is 88.1 Å². The second-order valence-corrected chi connectivity index (χ2v) is 3.25. The van der Waals surface area contributed by atoms with Gasteiger partial charge in [-0.2, -0.15) is 0 Å². The molecule has 0 aromatic carbocycles. The van der Waals surface area contributed by atoms with Crippen LogP contribution in [-0.2, 0) is 4.74 Å². The Morgan fingerprint density at radius 2 is 2.36 bits per heavy atom. The molecule has 1 aliphatic carbocycles. The molecule has 14 heavy (non-hydrogen) atoms. The Bertz CT molecular complexity index is 377. The highest BCUT2D eigenvalue weighted by atomic mass is 35.5. The van der Waals surface area contributed by atoms with Crippen molar-refractivity contribution in [3.8, 4) is 0 Å². The number of nitrogens with two attached hydrogens (primary N) is 1. The second kappa shape index (κ2) is 4.02. The molecule has 1 aromatic rings. The van der Waals surface area contributed by atoms with Crippen molar-refractivity contribution in [2.45, 2.75) is 18.6 Å². The molecule has 1 heterocycles. The molecule has 0 aliphatic heterocycles. The van der Waals surface area contributed by atoms with Crippen LogP contribution in [0, 0.1) is 0 Å². The highest BCUT2D eigenvalue weighted by Crippen LogP contribution is 2.36. The standard InChI is InChI=1S/C9H12N2O2.ClH/c1-13-8-5-7(8)11-4-2-3-6(10)9(11)12;/h2-4,7-8H,5,10H2,1H3;1H/t7?,8-;/m0./s1. The fourth-order valence-electron chi connectivity index (χ4n) is 1.49. The number of halogens is 1. The van der Waals surface area contributed by atoms with Crippen LogP contribution in [0.2, 0.25) is 0 Å². The molecule has 5 heteroatoms. The van der Waals surface area contributed by atoms with E-state index in [0.29, 0.717) is 5.69 Å². The average molecular weight is 217 g/mol. The third-order valence-corrected chi connectivity index (χ3v) is 2.36. The van der Waals surface area contributed by atoms with Gasteiger partial charge < -0.3 is 15.0 Å². The highest BCUT2D eigenvalue weighted by molar-refractivity contribution is 5.85. The number of hydrogen-bond acceptors (Lipinski definition) is 3. The Morgan fingerprint density at radius 1 is 1.64 bits per heavy atom. The van der Waals surface area contributed by atoms with Crippen molar-refractivity contribution < 1.29 is 4.74 Å². The molecule has 0 radical (unpaired) electrons. The molecule has 1 fully saturated rings. The lowest BCUT2D eigenvalue weighted by atomic mass is 10.4. The van der Waals surface area contributed by atoms with Crippen LogP contribution in [0.1, 0.15) is 12.5 Å². The van der Waals surface area contributed by atoms with E-state index in [4.69, 9.17) is 10.5 Å². The van der Waals surface area contributed by atoms with Crippen molar-refractivity contribution in [2.24, 2.45) is 0 Å². The zero-order chi connectivity index (χ0) is 9.42. The normalized spacial score (nSPS) is 24.1. The average Bonchev–Trinajstić information content (AvgIpc) is 2.89. The predicted molar refractivity (Wildman–Crippen MR) is 56.8 cm³/mol. The van der Waals surface area contributed by atoms with E-state index >= 15 is 0 Å². The van der Waals surface area contributed by atoms with Crippen LogP contribution in [0.25, 0.3) is 0 Å². The van der Waals surface area contributed by atoms with Gasteiger partial charge >= 0.3 is 0 Å². The number of anilines is 1. The van der Waals surface area contributed by atoms with Gasteiger partial charge in [0.25, 0.3) is 5.56 Å². The fourth-order valence-corrected chi connectivity index (χ4v) is 1.49. The van der Waals surface area contributed by atoms with Gasteiger partial charge in [-0.15, -0.1) is 12.4 Å². The van der Waals surface area contributed by atoms with Gasteiger partial charge in [0.15, 0.2) is 0 Å². The molecule has 0 amide bonds. The first-order chi connectivity index (χ1) is 6.24. The molecule has 1 unspecified atom stereocenters. The highest BCUT2D eigenvalue weighted by Gasteiger charge is 2.39. The van der Waals surface area contributed by atoms with Crippen LogP contribution in [-0.4, -0.2) is 17.8 Å². The Balaban J connectivity index is 0.000000980. The molecule has 4 nitrogen and oxygen atoms in total. The van der Waals surface area contributed by atoms with E-state index < -0.39 is 0 Å². The van der Waals surface area contributed by atoms with E-state index in [1.165, 1.54) is 0 Å². The van der Waals surface area contributed by atoms with Gasteiger partial charge in [0, 0.05) is 13.3 Å². The SMILES string of the molecule is CO[C@H]1CC1n1cccc(N)c1=O.Cl. The maximum atomic E-state index is 11.5. The topological polar surface area (TPSA) is 57.2 Å². The Morgan fingerprint density at radius 3 is 2.93 bits per heavy atom. The molecule has 1 saturated carbocycles. The molecule has 1 aromatic heterocycles. The van der Waals surface area contributed by atoms with Gasteiger partial charge in [0.05, 0.1) is 17.8 Å². The lowest BCUT2D eigenvalue weighted by Gasteiger charge is -2.04. The Hall–Kier alpha value is -1.000. The maximum Gasteiger partial charge on any atom is 0.274 e. The van der Waals surface area contributed by atoms with E-state index in [2.05, 4.69) is 0 Å². The predicted octanol–water partition coefficient (Wildman–Crippen LogP) is 0.812. The summed E-state index contributed by atoms with van der Waals surface area (Å²) in [6.45, 7) is 0. The number of nitrogen functional groups attached to an aromatic ring is 1. The van der Waals surface area contributed by atoms with Crippen LogP contribution in [0.15, 0.2) is 23.1 Å². The lowest BCUT2D eigenvalue weighted by molar-refractivity contribution is 0.169. The first kappa shape index (κ1) is 11.1. The summed E-state index contributed by atoms with van der Waals surface area (Å²) >= 11 is 0. The van der Waals surface area contributed by atoms with Gasteiger partial charge in [-0.25, -0.2) is 0 Å². The summed E-state index contributed by atoms with van der Waals surface area (Å²) in [5.41, 5.74) is 5.68. The number of nitrogens with zero attached hydrogens (tertiary/aromatic N) is 1. The number of rotatable bonds is 2. The quantitative estimate of drug-likeness (QED) is 0.796. The maximum absolute atomic E-state index is 11.5. The largest absolute Gasteiger partial charge is 0.394 e. The van der Waals surface area contributed by atoms with E-state index in [9.17, 15) is 4.79 Å². The number of ether oxygens (including phenoxy) is 1. The van der Waals surface area contributed by atoms with E-state index in [1.807, 2.05) is 0 Å². The smallest absolute Gasteiger partial charge is 0.274 e. The van der Waals surface area contributed by atoms with Crippen molar-refractivity contribution in [2.75, 3.05) is 12.8 Å². The minimum absolute atomic E-state index is 0. The number of hydrogen-bond donors (Lipinski definition) is 1. The third-order valence-electron chi connectivity index (χ3n) is 2.36. The van der Waals surface area contributed by atoms with Crippen LogP contribution in [0.5, 0.6) is 0 Å². The van der Waals surface area contributed by atoms with Crippen molar-refractivity contribution in [3.63, 3.8) is 0 Å². The molecule has 1 aliphatic rings. The molecule has 78 valence electrons. The van der Waals surface area contributed by atoms with Crippen LogP contribution >= 0.6 is 12.4 Å². The summed E-state index contributed by atoms with van der Waals surface area (Å²) in [6, 6.07) is 3.58. The van der Waals surface area contributed by atoms with Gasteiger partial charge in [0.1, 0.15) is 0 Å². The summed E-state index contributed by atoms with van der Waals surface area (Å²) in [4.78, 5) is 11.5. The zero-order valence-corrected chi connectivity index (χ0v) is 8.66. The number of methoxy groups -OCH3 is 1. The Kier molecular flexibility index (Phi) is 3.18. The third kappa shape index (κ3) is 1.76. The van der Waals surface area contributed by atoms with Crippen molar-refractivity contribution in [3.05, 3.63) is 28.7 Å². The first-order valence-electron chi connectivity index (χ1n) is 4.23. The lowest BCUT2D eigenvalue weighted by Crippen LogP contribution is -2.22. The molecule has 2 N–H and O–H groups in total. The molecule has 2 atom stereocenters. The van der Waals surface area contributed by atoms with Gasteiger partial charge in [-0.1, -0.05) is 0 Å².